The van der Waals surface area contributed by atoms with E-state index < -0.39 is 5.97 Å². The molecule has 126 valence electrons. The van der Waals surface area contributed by atoms with E-state index in [0.29, 0.717) is 16.1 Å². The van der Waals surface area contributed by atoms with Crippen molar-refractivity contribution in [2.45, 2.75) is 6.92 Å². The maximum atomic E-state index is 12.5. The van der Waals surface area contributed by atoms with Crippen molar-refractivity contribution in [3.8, 4) is 10.4 Å². The van der Waals surface area contributed by atoms with Gasteiger partial charge in [-0.05, 0) is 36.8 Å². The second kappa shape index (κ2) is 7.77. The predicted molar refractivity (Wildman–Crippen MR) is 100 cm³/mol. The van der Waals surface area contributed by atoms with Gasteiger partial charge in [0.15, 0.2) is 0 Å². The summed E-state index contributed by atoms with van der Waals surface area (Å²) >= 11 is 1.41. The molecule has 0 aliphatic rings. The van der Waals surface area contributed by atoms with Crippen LogP contribution in [-0.2, 0) is 4.74 Å². The Morgan fingerprint density at radius 1 is 0.960 bits per heavy atom. The van der Waals surface area contributed by atoms with Crippen molar-refractivity contribution in [2.75, 3.05) is 11.9 Å². The van der Waals surface area contributed by atoms with Gasteiger partial charge < -0.3 is 10.1 Å². The molecule has 0 radical (unpaired) electrons. The molecule has 3 rings (SSSR count). The normalized spacial score (nSPS) is 10.3. The molecule has 0 atom stereocenters. The van der Waals surface area contributed by atoms with Crippen LogP contribution in [0.5, 0.6) is 0 Å². The molecule has 4 nitrogen and oxygen atoms in total. The number of para-hydroxylation sites is 1. The first-order valence-electron chi connectivity index (χ1n) is 7.92. The van der Waals surface area contributed by atoms with E-state index in [1.165, 1.54) is 11.3 Å². The van der Waals surface area contributed by atoms with Crippen molar-refractivity contribution < 1.29 is 14.3 Å². The molecule has 3 aromatic rings. The summed E-state index contributed by atoms with van der Waals surface area (Å²) < 4.78 is 5.03. The topological polar surface area (TPSA) is 55.4 Å². The van der Waals surface area contributed by atoms with E-state index >= 15 is 0 Å². The van der Waals surface area contributed by atoms with Gasteiger partial charge in [0.1, 0.15) is 0 Å². The number of anilines is 1. The largest absolute Gasteiger partial charge is 0.462 e. The van der Waals surface area contributed by atoms with E-state index in [0.717, 1.165) is 10.4 Å². The van der Waals surface area contributed by atoms with Crippen LogP contribution >= 0.6 is 11.3 Å². The van der Waals surface area contributed by atoms with Gasteiger partial charge in [-0.1, -0.05) is 42.5 Å². The molecule has 0 bridgehead atoms. The van der Waals surface area contributed by atoms with Crippen LogP contribution in [0, 0.1) is 0 Å². The monoisotopic (exact) mass is 351 g/mol. The molecule has 0 saturated carbocycles. The van der Waals surface area contributed by atoms with Gasteiger partial charge in [-0.25, -0.2) is 4.79 Å². The van der Waals surface area contributed by atoms with Gasteiger partial charge in [0.05, 0.1) is 22.7 Å². The number of hydrogen-bond donors (Lipinski definition) is 1. The second-order valence-corrected chi connectivity index (χ2v) is 6.33. The average molecular weight is 351 g/mol. The van der Waals surface area contributed by atoms with E-state index in [-0.39, 0.29) is 12.5 Å². The molecular weight excluding hydrogens is 334 g/mol. The highest BCUT2D eigenvalue weighted by molar-refractivity contribution is 7.17. The minimum absolute atomic E-state index is 0.246. The molecular formula is C20H17NO3S. The number of amides is 1. The summed E-state index contributed by atoms with van der Waals surface area (Å²) in [5.41, 5.74) is 1.86. The molecule has 5 heteroatoms. The number of thiophene rings is 1. The van der Waals surface area contributed by atoms with Crippen molar-refractivity contribution in [3.05, 3.63) is 77.2 Å². The van der Waals surface area contributed by atoms with Crippen molar-refractivity contribution in [1.29, 1.82) is 0 Å². The lowest BCUT2D eigenvalue weighted by atomic mass is 10.1. The Labute approximate surface area is 150 Å². The lowest BCUT2D eigenvalue weighted by Gasteiger charge is -2.09. The van der Waals surface area contributed by atoms with E-state index in [1.54, 1.807) is 37.3 Å². The number of esters is 1. The van der Waals surface area contributed by atoms with Gasteiger partial charge >= 0.3 is 5.97 Å². The SMILES string of the molecule is CCOC(=O)c1ccccc1NC(=O)c1ccc(-c2ccccc2)s1. The number of nitrogens with one attached hydrogen (secondary N) is 1. The smallest absolute Gasteiger partial charge is 0.340 e. The highest BCUT2D eigenvalue weighted by Gasteiger charge is 2.16. The van der Waals surface area contributed by atoms with Crippen LogP contribution in [0.25, 0.3) is 10.4 Å². The molecule has 0 spiro atoms. The van der Waals surface area contributed by atoms with Gasteiger partial charge in [-0.2, -0.15) is 0 Å². The number of benzene rings is 2. The molecule has 0 aliphatic heterocycles. The van der Waals surface area contributed by atoms with Gasteiger partial charge in [0.2, 0.25) is 0 Å². The van der Waals surface area contributed by atoms with E-state index in [1.807, 2.05) is 36.4 Å². The minimum Gasteiger partial charge on any atom is -0.462 e. The molecule has 1 heterocycles. The highest BCUT2D eigenvalue weighted by atomic mass is 32.1. The van der Waals surface area contributed by atoms with Gasteiger partial charge in [0, 0.05) is 4.88 Å². The summed E-state index contributed by atoms with van der Waals surface area (Å²) in [5.74, 6) is -0.696. The third-order valence-electron chi connectivity index (χ3n) is 3.56. The summed E-state index contributed by atoms with van der Waals surface area (Å²) in [6, 6.07) is 20.4. The second-order valence-electron chi connectivity index (χ2n) is 5.25. The fourth-order valence-electron chi connectivity index (χ4n) is 2.38. The van der Waals surface area contributed by atoms with Crippen LogP contribution in [0.4, 0.5) is 5.69 Å². The number of carbonyl (C=O) groups excluding carboxylic acids is 2. The van der Waals surface area contributed by atoms with Crippen molar-refractivity contribution in [1.82, 2.24) is 0 Å². The molecule has 1 amide bonds. The van der Waals surface area contributed by atoms with Crippen LogP contribution in [0.15, 0.2) is 66.7 Å². The molecule has 0 aliphatic carbocycles. The molecule has 2 aromatic carbocycles. The Balaban J connectivity index is 1.80. The van der Waals surface area contributed by atoms with Crippen molar-refractivity contribution in [3.63, 3.8) is 0 Å². The zero-order valence-electron chi connectivity index (χ0n) is 13.7. The van der Waals surface area contributed by atoms with Crippen LogP contribution < -0.4 is 5.32 Å². The maximum absolute atomic E-state index is 12.5. The van der Waals surface area contributed by atoms with Crippen molar-refractivity contribution >= 4 is 28.9 Å². The molecule has 0 unspecified atom stereocenters. The van der Waals surface area contributed by atoms with Gasteiger partial charge in [-0.3, -0.25) is 4.79 Å². The number of carbonyl (C=O) groups is 2. The summed E-state index contributed by atoms with van der Waals surface area (Å²) in [6.45, 7) is 2.03. The molecule has 1 aromatic heterocycles. The Hall–Kier alpha value is -2.92. The van der Waals surface area contributed by atoms with E-state index in [2.05, 4.69) is 5.32 Å². The van der Waals surface area contributed by atoms with Gasteiger partial charge in [0.25, 0.3) is 5.91 Å². The lowest BCUT2D eigenvalue weighted by molar-refractivity contribution is 0.0527. The molecule has 25 heavy (non-hydrogen) atoms. The lowest BCUT2D eigenvalue weighted by Crippen LogP contribution is -2.14. The maximum Gasteiger partial charge on any atom is 0.340 e. The average Bonchev–Trinajstić information content (AvgIpc) is 3.13. The van der Waals surface area contributed by atoms with Crippen LogP contribution in [0.2, 0.25) is 0 Å². The van der Waals surface area contributed by atoms with Crippen LogP contribution in [-0.4, -0.2) is 18.5 Å². The molecule has 0 fully saturated rings. The Morgan fingerprint density at radius 3 is 2.44 bits per heavy atom. The summed E-state index contributed by atoms with van der Waals surface area (Å²) in [5, 5.41) is 2.80. The first kappa shape index (κ1) is 16.9. The first-order chi connectivity index (χ1) is 12.2. The predicted octanol–water partition coefficient (Wildman–Crippen LogP) is 4.84. The van der Waals surface area contributed by atoms with E-state index in [9.17, 15) is 9.59 Å². The Bertz CT molecular complexity index is 887. The molecule has 1 N–H and O–H groups in total. The quantitative estimate of drug-likeness (QED) is 0.669. The first-order valence-corrected chi connectivity index (χ1v) is 8.73. The zero-order chi connectivity index (χ0) is 17.6. The number of rotatable bonds is 5. The minimum atomic E-state index is -0.449. The van der Waals surface area contributed by atoms with Crippen molar-refractivity contribution in [2.24, 2.45) is 0 Å². The van der Waals surface area contributed by atoms with E-state index in [4.69, 9.17) is 4.74 Å². The summed E-state index contributed by atoms with van der Waals surface area (Å²) in [6.07, 6.45) is 0. The van der Waals surface area contributed by atoms with Gasteiger partial charge in [-0.15, -0.1) is 11.3 Å². The fraction of sp³-hybridized carbons (Fsp3) is 0.100. The van der Waals surface area contributed by atoms with Crippen LogP contribution in [0.1, 0.15) is 27.0 Å². The number of hydrogen-bond acceptors (Lipinski definition) is 4. The standard InChI is InChI=1S/C20H17NO3S/c1-2-24-20(23)15-10-6-7-11-16(15)21-19(22)18-13-12-17(25-18)14-8-4-3-5-9-14/h3-13H,2H2,1H3,(H,21,22). The fourth-order valence-corrected chi connectivity index (χ4v) is 3.29. The third kappa shape index (κ3) is 3.95. The Morgan fingerprint density at radius 2 is 1.68 bits per heavy atom. The summed E-state index contributed by atoms with van der Waals surface area (Å²) in [7, 11) is 0. The zero-order valence-corrected chi connectivity index (χ0v) is 14.5. The Kier molecular flexibility index (Phi) is 5.26. The highest BCUT2D eigenvalue weighted by Crippen LogP contribution is 2.28. The third-order valence-corrected chi connectivity index (χ3v) is 4.69. The summed E-state index contributed by atoms with van der Waals surface area (Å²) in [4.78, 5) is 26.1. The molecule has 0 saturated heterocycles. The number of ether oxygens (including phenoxy) is 1. The van der Waals surface area contributed by atoms with Crippen LogP contribution in [0.3, 0.4) is 0 Å².